The highest BCUT2D eigenvalue weighted by Gasteiger charge is 2.53. The highest BCUT2D eigenvalue weighted by Crippen LogP contribution is 2.36. The summed E-state index contributed by atoms with van der Waals surface area (Å²) in [5, 5.41) is 48.0. The first-order valence-corrected chi connectivity index (χ1v) is 18.0. The van der Waals surface area contributed by atoms with Crippen LogP contribution in [0.15, 0.2) is 109 Å². The van der Waals surface area contributed by atoms with Gasteiger partial charge in [0.15, 0.2) is 18.9 Å². The van der Waals surface area contributed by atoms with E-state index in [1.54, 1.807) is 91.0 Å². The molecule has 3 saturated heterocycles. The Kier molecular flexibility index (Phi) is 12.5. The van der Waals surface area contributed by atoms with Gasteiger partial charge < -0.3 is 58.9 Å². The van der Waals surface area contributed by atoms with Crippen LogP contribution in [0, 0.1) is 0 Å². The number of carbonyl (C=O) groups is 2. The molecule has 4 aromatic rings. The van der Waals surface area contributed by atoms with Crippen molar-refractivity contribution in [2.45, 2.75) is 74.3 Å². The summed E-state index contributed by atoms with van der Waals surface area (Å²) in [5.41, 5.74) is 2.26. The number of anilines is 1. The van der Waals surface area contributed by atoms with E-state index in [9.17, 15) is 30.0 Å². The summed E-state index contributed by atoms with van der Waals surface area (Å²) in [4.78, 5) is 25.7. The van der Waals surface area contributed by atoms with Crippen LogP contribution < -0.4 is 5.32 Å². The van der Waals surface area contributed by atoms with Crippen molar-refractivity contribution < 1.29 is 63.2 Å². The Morgan fingerprint density at radius 3 is 2.11 bits per heavy atom. The number of hydrogen-bond donors (Lipinski definition) is 5. The number of halogens is 1. The van der Waals surface area contributed by atoms with Gasteiger partial charge in [-0.05, 0) is 42.0 Å². The molecule has 3 aliphatic rings. The fraction of sp³-hybridized carbons (Fsp3) is 0.350. The normalized spacial score (nSPS) is 30.5. The molecule has 15 heteroatoms. The molecule has 0 saturated carbocycles. The number of ether oxygens (including phenoxy) is 7. The summed E-state index contributed by atoms with van der Waals surface area (Å²) < 4.78 is 41.3. The van der Waals surface area contributed by atoms with Crippen molar-refractivity contribution in [3.63, 3.8) is 0 Å². The number of esters is 1. The number of hydrogen-bond acceptors (Lipinski definition) is 13. The molecule has 0 aromatic heterocycles. The number of rotatable bonds is 11. The average molecular weight is 778 g/mol. The topological polar surface area (TPSA) is 192 Å². The molecule has 1 amide bonds. The standard InChI is InChI=1S/C40H40ClNO13/c41-26-17-16-22(18-27(26)42-36(47)23-10-4-1-5-11-23)19-50-39-32(45)30(43)35(28(52-39)20-49-37(48)24-12-6-2-7-13-24)55-40-33(46)31(44)34-29(53-40)21-51-38(54-34)25-14-8-3-9-15-25/h1-18,28-35,38-40,43-46H,19-21H2,(H,42,47)/t28-,29-,30-,31-,32-,33-,34-,35-,38?,39-,40-/m1/s1. The summed E-state index contributed by atoms with van der Waals surface area (Å²) in [6.07, 6.45) is -15.0. The molecule has 290 valence electrons. The smallest absolute Gasteiger partial charge is 0.338 e. The van der Waals surface area contributed by atoms with Crippen LogP contribution in [-0.4, -0.2) is 107 Å². The fourth-order valence-corrected chi connectivity index (χ4v) is 6.67. The number of aliphatic hydroxyl groups excluding tert-OH is 4. The Labute approximate surface area is 321 Å². The monoisotopic (exact) mass is 777 g/mol. The first-order chi connectivity index (χ1) is 26.7. The molecular weight excluding hydrogens is 738 g/mol. The van der Waals surface area contributed by atoms with E-state index >= 15 is 0 Å². The van der Waals surface area contributed by atoms with E-state index in [1.807, 2.05) is 18.2 Å². The van der Waals surface area contributed by atoms with Gasteiger partial charge >= 0.3 is 5.97 Å². The molecule has 0 bridgehead atoms. The molecule has 5 N–H and O–H groups in total. The van der Waals surface area contributed by atoms with Crippen LogP contribution in [0.1, 0.15) is 38.1 Å². The Morgan fingerprint density at radius 2 is 1.40 bits per heavy atom. The number of carbonyl (C=O) groups excluding carboxylic acids is 2. The largest absolute Gasteiger partial charge is 0.459 e. The summed E-state index contributed by atoms with van der Waals surface area (Å²) in [5.74, 6) is -1.06. The van der Waals surface area contributed by atoms with Crippen molar-refractivity contribution in [2.75, 3.05) is 18.5 Å². The number of benzene rings is 4. The van der Waals surface area contributed by atoms with Crippen LogP contribution in [0.2, 0.25) is 5.02 Å². The second-order valence-corrected chi connectivity index (χ2v) is 13.6. The predicted molar refractivity (Wildman–Crippen MR) is 194 cm³/mol. The Hall–Kier alpha value is -4.29. The van der Waals surface area contributed by atoms with E-state index in [0.29, 0.717) is 22.4 Å². The van der Waals surface area contributed by atoms with Gasteiger partial charge in [-0.3, -0.25) is 4.79 Å². The van der Waals surface area contributed by atoms with Gasteiger partial charge in [0.1, 0.15) is 55.4 Å². The van der Waals surface area contributed by atoms with Crippen molar-refractivity contribution in [3.05, 3.63) is 136 Å². The molecule has 55 heavy (non-hydrogen) atoms. The maximum atomic E-state index is 12.9. The summed E-state index contributed by atoms with van der Waals surface area (Å²) >= 11 is 6.36. The van der Waals surface area contributed by atoms with E-state index in [4.69, 9.17) is 44.8 Å². The molecular formula is C40H40ClNO13. The Morgan fingerprint density at radius 1 is 0.745 bits per heavy atom. The van der Waals surface area contributed by atoms with Crippen LogP contribution in [0.25, 0.3) is 0 Å². The quantitative estimate of drug-likeness (QED) is 0.140. The van der Waals surface area contributed by atoms with Gasteiger partial charge in [-0.15, -0.1) is 0 Å². The zero-order valence-corrected chi connectivity index (χ0v) is 30.0. The number of fused-ring (bicyclic) bond motifs is 1. The van der Waals surface area contributed by atoms with Crippen molar-refractivity contribution in [1.29, 1.82) is 0 Å². The van der Waals surface area contributed by atoms with Gasteiger partial charge in [0.2, 0.25) is 0 Å². The highest BCUT2D eigenvalue weighted by atomic mass is 35.5. The molecule has 0 radical (unpaired) electrons. The van der Waals surface area contributed by atoms with Crippen molar-refractivity contribution in [2.24, 2.45) is 0 Å². The van der Waals surface area contributed by atoms with Gasteiger partial charge in [-0.1, -0.05) is 84.4 Å². The molecule has 7 rings (SSSR count). The molecule has 3 fully saturated rings. The lowest BCUT2D eigenvalue weighted by molar-refractivity contribution is -0.386. The molecule has 0 aliphatic carbocycles. The molecule has 0 spiro atoms. The van der Waals surface area contributed by atoms with E-state index < -0.39 is 80.3 Å². The van der Waals surface area contributed by atoms with Gasteiger partial charge in [0, 0.05) is 11.1 Å². The fourth-order valence-electron chi connectivity index (χ4n) is 6.51. The molecule has 14 nitrogen and oxygen atoms in total. The number of nitrogens with one attached hydrogen (secondary N) is 1. The minimum Gasteiger partial charge on any atom is -0.459 e. The van der Waals surface area contributed by atoms with Crippen LogP contribution in [0.3, 0.4) is 0 Å². The molecule has 11 atom stereocenters. The van der Waals surface area contributed by atoms with Crippen molar-refractivity contribution in [1.82, 2.24) is 0 Å². The van der Waals surface area contributed by atoms with E-state index in [0.717, 1.165) is 0 Å². The lowest BCUT2D eigenvalue weighted by Gasteiger charge is -2.48. The second kappa shape index (κ2) is 17.7. The van der Waals surface area contributed by atoms with Gasteiger partial charge in [0.05, 0.1) is 29.5 Å². The van der Waals surface area contributed by atoms with Crippen molar-refractivity contribution >= 4 is 29.2 Å². The van der Waals surface area contributed by atoms with Gasteiger partial charge in [-0.2, -0.15) is 0 Å². The molecule has 3 aliphatic heterocycles. The Bertz CT molecular complexity index is 1890. The SMILES string of the molecule is O=C(Nc1cc(CO[C@@H]2O[C@H](COC(=O)c3ccccc3)[C@@H](O[C@H]3O[C@@H]4COC(c5ccccc5)O[C@H]4[C@H](O)[C@H]3O)[C@H](O)[C@H]2O)ccc1Cl)c1ccccc1. The van der Waals surface area contributed by atoms with E-state index in [2.05, 4.69) is 5.32 Å². The van der Waals surface area contributed by atoms with Gasteiger partial charge in [-0.25, -0.2) is 4.79 Å². The Balaban J connectivity index is 1.04. The third kappa shape index (κ3) is 9.07. The first kappa shape index (κ1) is 39.0. The average Bonchev–Trinajstić information content (AvgIpc) is 3.22. The third-order valence-corrected chi connectivity index (χ3v) is 9.78. The highest BCUT2D eigenvalue weighted by molar-refractivity contribution is 6.34. The lowest BCUT2D eigenvalue weighted by atomic mass is 9.96. The maximum Gasteiger partial charge on any atom is 0.338 e. The minimum absolute atomic E-state index is 0.0173. The minimum atomic E-state index is -1.72. The number of aliphatic hydroxyl groups is 4. The van der Waals surface area contributed by atoms with Crippen molar-refractivity contribution in [3.8, 4) is 0 Å². The first-order valence-electron chi connectivity index (χ1n) is 17.7. The van der Waals surface area contributed by atoms with Crippen LogP contribution in [0.5, 0.6) is 0 Å². The maximum absolute atomic E-state index is 12.9. The molecule has 1 unspecified atom stereocenters. The molecule has 3 heterocycles. The summed E-state index contributed by atoms with van der Waals surface area (Å²) in [6, 6.07) is 30.7. The summed E-state index contributed by atoms with van der Waals surface area (Å²) in [6.45, 7) is -0.650. The lowest BCUT2D eigenvalue weighted by Crippen LogP contribution is -2.66. The third-order valence-electron chi connectivity index (χ3n) is 9.45. The van der Waals surface area contributed by atoms with E-state index in [-0.39, 0.29) is 29.7 Å². The number of amides is 1. The van der Waals surface area contributed by atoms with Gasteiger partial charge in [0.25, 0.3) is 5.91 Å². The van der Waals surface area contributed by atoms with Crippen LogP contribution in [-0.2, 0) is 39.8 Å². The zero-order valence-electron chi connectivity index (χ0n) is 29.2. The van der Waals surface area contributed by atoms with Crippen LogP contribution in [0.4, 0.5) is 5.69 Å². The molecule has 4 aromatic carbocycles. The summed E-state index contributed by atoms with van der Waals surface area (Å²) in [7, 11) is 0. The van der Waals surface area contributed by atoms with E-state index in [1.165, 1.54) is 0 Å². The predicted octanol–water partition coefficient (Wildman–Crippen LogP) is 3.36. The second-order valence-electron chi connectivity index (χ2n) is 13.2. The zero-order chi connectivity index (χ0) is 38.5. The van der Waals surface area contributed by atoms with Crippen LogP contribution >= 0.6 is 11.6 Å².